The number of carbonyl (C=O) groups excluding carboxylic acids is 1. The summed E-state index contributed by atoms with van der Waals surface area (Å²) in [5.41, 5.74) is 2.64. The van der Waals surface area contributed by atoms with Crippen molar-refractivity contribution < 1.29 is 9.90 Å². The molecule has 0 radical (unpaired) electrons. The van der Waals surface area contributed by atoms with Gasteiger partial charge < -0.3 is 10.4 Å². The highest BCUT2D eigenvalue weighted by atomic mass is 35.5. The predicted molar refractivity (Wildman–Crippen MR) is 91.8 cm³/mol. The third-order valence-electron chi connectivity index (χ3n) is 4.17. The van der Waals surface area contributed by atoms with Crippen molar-refractivity contribution in [3.63, 3.8) is 0 Å². The number of phenolic OH excluding ortho intramolecular Hbond substituents is 1. The second-order valence-electron chi connectivity index (χ2n) is 5.72. The van der Waals surface area contributed by atoms with Crippen LogP contribution in [0, 0.1) is 0 Å². The minimum Gasteiger partial charge on any atom is -0.508 e. The summed E-state index contributed by atoms with van der Waals surface area (Å²) in [5, 5.41) is 13.0. The SMILES string of the molecule is O=C1C[C@@H](c2ccc(O)cc2)c2ncn(-c3ccc(Cl)cc3)c2N1. The van der Waals surface area contributed by atoms with Crippen LogP contribution in [0.15, 0.2) is 54.9 Å². The lowest BCUT2D eigenvalue weighted by atomic mass is 9.90. The molecule has 0 fully saturated rings. The van der Waals surface area contributed by atoms with Gasteiger partial charge in [-0.2, -0.15) is 0 Å². The van der Waals surface area contributed by atoms with Gasteiger partial charge in [-0.3, -0.25) is 9.36 Å². The first kappa shape index (κ1) is 14.8. The zero-order valence-corrected chi connectivity index (χ0v) is 13.4. The van der Waals surface area contributed by atoms with Crippen molar-refractivity contribution in [1.82, 2.24) is 9.55 Å². The van der Waals surface area contributed by atoms with Gasteiger partial charge in [0.25, 0.3) is 0 Å². The quantitative estimate of drug-likeness (QED) is 0.748. The highest BCUT2D eigenvalue weighted by Gasteiger charge is 2.30. The van der Waals surface area contributed by atoms with Crippen LogP contribution in [0.5, 0.6) is 5.75 Å². The normalized spacial score (nSPS) is 16.5. The van der Waals surface area contributed by atoms with Gasteiger partial charge >= 0.3 is 0 Å². The summed E-state index contributed by atoms with van der Waals surface area (Å²) in [4.78, 5) is 16.7. The number of carbonyl (C=O) groups is 1. The molecule has 3 aromatic rings. The molecule has 2 aromatic carbocycles. The number of imidazole rings is 1. The summed E-state index contributed by atoms with van der Waals surface area (Å²) in [6.07, 6.45) is 2.03. The third-order valence-corrected chi connectivity index (χ3v) is 4.43. The molecule has 2 N–H and O–H groups in total. The molecule has 1 atom stereocenters. The summed E-state index contributed by atoms with van der Waals surface area (Å²) in [5.74, 6) is 0.678. The first-order chi connectivity index (χ1) is 11.6. The minimum atomic E-state index is -0.136. The van der Waals surface area contributed by atoms with Crippen LogP contribution in [0.3, 0.4) is 0 Å². The Morgan fingerprint density at radius 1 is 1.12 bits per heavy atom. The number of rotatable bonds is 2. The number of nitrogens with one attached hydrogen (secondary N) is 1. The van der Waals surface area contributed by atoms with E-state index >= 15 is 0 Å². The summed E-state index contributed by atoms with van der Waals surface area (Å²) in [7, 11) is 0. The van der Waals surface area contributed by atoms with Crippen molar-refractivity contribution in [1.29, 1.82) is 0 Å². The second kappa shape index (κ2) is 5.69. The number of nitrogens with zero attached hydrogens (tertiary/aromatic N) is 2. The van der Waals surface area contributed by atoms with E-state index in [0.29, 0.717) is 17.3 Å². The second-order valence-corrected chi connectivity index (χ2v) is 6.16. The number of hydrogen-bond acceptors (Lipinski definition) is 3. The number of fused-ring (bicyclic) bond motifs is 1. The fourth-order valence-electron chi connectivity index (χ4n) is 2.99. The zero-order valence-electron chi connectivity index (χ0n) is 12.6. The Labute approximate surface area is 143 Å². The molecule has 0 spiro atoms. The summed E-state index contributed by atoms with van der Waals surface area (Å²) >= 11 is 5.94. The van der Waals surface area contributed by atoms with Crippen molar-refractivity contribution in [3.05, 3.63) is 71.1 Å². The van der Waals surface area contributed by atoms with Crippen molar-refractivity contribution in [2.24, 2.45) is 0 Å². The van der Waals surface area contributed by atoms with Crippen LogP contribution in [-0.4, -0.2) is 20.6 Å². The Morgan fingerprint density at radius 2 is 1.83 bits per heavy atom. The van der Waals surface area contributed by atoms with Gasteiger partial charge in [-0.1, -0.05) is 23.7 Å². The maximum Gasteiger partial charge on any atom is 0.226 e. The Balaban J connectivity index is 1.80. The summed E-state index contributed by atoms with van der Waals surface area (Å²) in [6, 6.07) is 14.2. The fraction of sp³-hybridized carbons (Fsp3) is 0.111. The highest BCUT2D eigenvalue weighted by molar-refractivity contribution is 6.30. The lowest BCUT2D eigenvalue weighted by Gasteiger charge is -2.23. The molecule has 4 rings (SSSR count). The average molecular weight is 340 g/mol. The van der Waals surface area contributed by atoms with Gasteiger partial charge in [-0.05, 0) is 42.0 Å². The van der Waals surface area contributed by atoms with Crippen LogP contribution in [-0.2, 0) is 4.79 Å². The molecule has 6 heteroatoms. The lowest BCUT2D eigenvalue weighted by molar-refractivity contribution is -0.116. The third kappa shape index (κ3) is 2.53. The van der Waals surface area contributed by atoms with E-state index in [0.717, 1.165) is 16.9 Å². The van der Waals surface area contributed by atoms with E-state index < -0.39 is 0 Å². The van der Waals surface area contributed by atoms with E-state index in [1.54, 1.807) is 30.6 Å². The van der Waals surface area contributed by atoms with Gasteiger partial charge in [0, 0.05) is 23.0 Å². The molecule has 1 aliphatic heterocycles. The first-order valence-electron chi connectivity index (χ1n) is 7.54. The molecule has 0 bridgehead atoms. The van der Waals surface area contributed by atoms with Gasteiger partial charge in [0.2, 0.25) is 5.91 Å². The van der Waals surface area contributed by atoms with E-state index in [-0.39, 0.29) is 17.6 Å². The molecule has 0 unspecified atom stereocenters. The smallest absolute Gasteiger partial charge is 0.226 e. The number of halogens is 1. The van der Waals surface area contributed by atoms with Gasteiger partial charge in [-0.25, -0.2) is 4.98 Å². The number of hydrogen-bond donors (Lipinski definition) is 2. The number of aromatic hydroxyl groups is 1. The van der Waals surface area contributed by atoms with E-state index in [2.05, 4.69) is 10.3 Å². The molecule has 0 aliphatic carbocycles. The van der Waals surface area contributed by atoms with Gasteiger partial charge in [-0.15, -0.1) is 0 Å². The van der Waals surface area contributed by atoms with Crippen LogP contribution in [0.4, 0.5) is 5.82 Å². The van der Waals surface area contributed by atoms with Crippen LogP contribution in [0.2, 0.25) is 5.02 Å². The molecule has 0 saturated carbocycles. The number of amides is 1. The molecule has 120 valence electrons. The molecule has 1 aromatic heterocycles. The Hall–Kier alpha value is -2.79. The molecule has 24 heavy (non-hydrogen) atoms. The topological polar surface area (TPSA) is 67.1 Å². The number of aromatic nitrogens is 2. The highest BCUT2D eigenvalue weighted by Crippen LogP contribution is 2.37. The largest absolute Gasteiger partial charge is 0.508 e. The predicted octanol–water partition coefficient (Wildman–Crippen LogP) is 3.71. The number of benzene rings is 2. The summed E-state index contributed by atoms with van der Waals surface area (Å²) in [6.45, 7) is 0. The molecule has 2 heterocycles. The standard InChI is InChI=1S/C18H14ClN3O2/c19-12-3-5-13(6-4-12)22-10-20-17-15(9-16(24)21-18(17)22)11-1-7-14(23)8-2-11/h1-8,10,15,23H,9H2,(H,21,24)/t15-/m0/s1. The number of phenols is 1. The molecule has 0 saturated heterocycles. The van der Waals surface area contributed by atoms with Crippen LogP contribution in [0.25, 0.3) is 5.69 Å². The molecular formula is C18H14ClN3O2. The zero-order chi connectivity index (χ0) is 16.7. The fourth-order valence-corrected chi connectivity index (χ4v) is 3.11. The molecule has 5 nitrogen and oxygen atoms in total. The van der Waals surface area contributed by atoms with Crippen molar-refractivity contribution in [2.45, 2.75) is 12.3 Å². The minimum absolute atomic E-state index is 0.0590. The van der Waals surface area contributed by atoms with E-state index in [9.17, 15) is 9.90 Å². The van der Waals surface area contributed by atoms with E-state index in [4.69, 9.17) is 11.6 Å². The Kier molecular flexibility index (Phi) is 3.50. The van der Waals surface area contributed by atoms with Gasteiger partial charge in [0.15, 0.2) is 0 Å². The number of anilines is 1. The van der Waals surface area contributed by atoms with Crippen LogP contribution >= 0.6 is 11.6 Å². The van der Waals surface area contributed by atoms with Crippen molar-refractivity contribution >= 4 is 23.3 Å². The van der Waals surface area contributed by atoms with E-state index in [1.807, 2.05) is 28.8 Å². The van der Waals surface area contributed by atoms with Crippen LogP contribution < -0.4 is 5.32 Å². The van der Waals surface area contributed by atoms with Crippen LogP contribution in [0.1, 0.15) is 23.6 Å². The van der Waals surface area contributed by atoms with Gasteiger partial charge in [0.05, 0.1) is 5.69 Å². The van der Waals surface area contributed by atoms with Gasteiger partial charge in [0.1, 0.15) is 17.9 Å². The molecule has 1 aliphatic rings. The monoisotopic (exact) mass is 339 g/mol. The van der Waals surface area contributed by atoms with Crippen molar-refractivity contribution in [2.75, 3.05) is 5.32 Å². The van der Waals surface area contributed by atoms with Crippen molar-refractivity contribution in [3.8, 4) is 11.4 Å². The maximum atomic E-state index is 12.2. The first-order valence-corrected chi connectivity index (χ1v) is 7.91. The molecule has 1 amide bonds. The summed E-state index contributed by atoms with van der Waals surface area (Å²) < 4.78 is 1.84. The Bertz CT molecular complexity index is 901. The Morgan fingerprint density at radius 3 is 2.54 bits per heavy atom. The van der Waals surface area contributed by atoms with E-state index in [1.165, 1.54) is 0 Å². The average Bonchev–Trinajstić information content (AvgIpc) is 2.99. The molecular weight excluding hydrogens is 326 g/mol. The maximum absolute atomic E-state index is 12.2. The lowest BCUT2D eigenvalue weighted by Crippen LogP contribution is -2.24.